The van der Waals surface area contributed by atoms with Gasteiger partial charge in [0.05, 0.1) is 12.1 Å². The molecule has 2 rings (SSSR count). The van der Waals surface area contributed by atoms with Gasteiger partial charge in [0.25, 0.3) is 5.91 Å². The number of carbonyl (C=O) groups is 2. The van der Waals surface area contributed by atoms with Gasteiger partial charge in [0.1, 0.15) is 0 Å². The number of carbonyl (C=O) groups excluding carboxylic acids is 2. The Morgan fingerprint density at radius 3 is 2.65 bits per heavy atom. The smallest absolute Gasteiger partial charge is 0.251 e. The highest BCUT2D eigenvalue weighted by atomic mass is 79.9. The van der Waals surface area contributed by atoms with Gasteiger partial charge in [0.15, 0.2) is 0 Å². The zero-order valence-electron chi connectivity index (χ0n) is 11.0. The molecule has 2 amide bonds. The van der Waals surface area contributed by atoms with Crippen molar-refractivity contribution in [3.63, 3.8) is 0 Å². The largest absolute Gasteiger partial charge is 0.388 e. The summed E-state index contributed by atoms with van der Waals surface area (Å²) in [6.45, 7) is 0.153. The minimum absolute atomic E-state index is 0.0958. The zero-order valence-corrected chi connectivity index (χ0v) is 12.6. The Morgan fingerprint density at radius 2 is 2.05 bits per heavy atom. The van der Waals surface area contributed by atoms with E-state index in [9.17, 15) is 14.7 Å². The lowest BCUT2D eigenvalue weighted by atomic mass is 9.80. The fourth-order valence-corrected chi connectivity index (χ4v) is 2.38. The van der Waals surface area contributed by atoms with Crippen LogP contribution in [0.2, 0.25) is 0 Å². The van der Waals surface area contributed by atoms with Crippen LogP contribution in [0.25, 0.3) is 0 Å². The monoisotopic (exact) mass is 340 g/mol. The van der Waals surface area contributed by atoms with Crippen LogP contribution >= 0.6 is 15.9 Å². The number of hydrogen-bond acceptors (Lipinski definition) is 3. The number of benzene rings is 1. The van der Waals surface area contributed by atoms with Gasteiger partial charge in [0, 0.05) is 16.6 Å². The molecule has 1 aliphatic carbocycles. The summed E-state index contributed by atoms with van der Waals surface area (Å²) in [7, 11) is 0. The number of aliphatic hydroxyl groups is 1. The van der Waals surface area contributed by atoms with Crippen molar-refractivity contribution >= 4 is 27.7 Å². The predicted octanol–water partition coefficient (Wildman–Crippen LogP) is 1.21. The van der Waals surface area contributed by atoms with E-state index in [0.717, 1.165) is 23.7 Å². The van der Waals surface area contributed by atoms with E-state index in [1.807, 2.05) is 6.07 Å². The third-order valence-electron chi connectivity index (χ3n) is 3.40. The van der Waals surface area contributed by atoms with E-state index in [1.54, 1.807) is 18.2 Å². The number of hydrogen-bond donors (Lipinski definition) is 3. The Morgan fingerprint density at radius 1 is 1.30 bits per heavy atom. The van der Waals surface area contributed by atoms with Crippen LogP contribution in [0.4, 0.5) is 0 Å². The molecule has 6 heteroatoms. The first-order valence-corrected chi connectivity index (χ1v) is 7.31. The molecule has 1 saturated carbocycles. The minimum atomic E-state index is -0.746. The SMILES string of the molecule is O=C(CNC(=O)c1cccc(Br)c1)NCC1(O)CCC1. The summed E-state index contributed by atoms with van der Waals surface area (Å²) in [5.41, 5.74) is -0.256. The third-order valence-corrected chi connectivity index (χ3v) is 3.89. The van der Waals surface area contributed by atoms with Crippen molar-refractivity contribution in [1.82, 2.24) is 10.6 Å². The highest BCUT2D eigenvalue weighted by Crippen LogP contribution is 2.30. The lowest BCUT2D eigenvalue weighted by Crippen LogP contribution is -2.49. The Kier molecular flexibility index (Phi) is 4.77. The number of rotatable bonds is 5. The molecule has 3 N–H and O–H groups in total. The zero-order chi connectivity index (χ0) is 14.6. The van der Waals surface area contributed by atoms with Crippen molar-refractivity contribution in [3.05, 3.63) is 34.3 Å². The van der Waals surface area contributed by atoms with E-state index in [1.165, 1.54) is 0 Å². The molecule has 1 aliphatic rings. The molecule has 1 aromatic carbocycles. The summed E-state index contributed by atoms with van der Waals surface area (Å²) in [4.78, 5) is 23.4. The van der Waals surface area contributed by atoms with Crippen LogP contribution in [-0.2, 0) is 4.79 Å². The van der Waals surface area contributed by atoms with Crippen LogP contribution < -0.4 is 10.6 Å². The Labute approximate surface area is 125 Å². The van der Waals surface area contributed by atoms with Crippen molar-refractivity contribution in [1.29, 1.82) is 0 Å². The third kappa shape index (κ3) is 4.05. The molecule has 108 valence electrons. The standard InChI is InChI=1S/C14H17BrN2O3/c15-11-4-1-3-10(7-11)13(19)16-8-12(18)17-9-14(20)5-2-6-14/h1,3-4,7,20H,2,5-6,8-9H2,(H,16,19)(H,17,18). The van der Waals surface area contributed by atoms with Crippen molar-refractivity contribution in [3.8, 4) is 0 Å². The molecule has 20 heavy (non-hydrogen) atoms. The molecule has 0 spiro atoms. The van der Waals surface area contributed by atoms with Gasteiger partial charge >= 0.3 is 0 Å². The van der Waals surface area contributed by atoms with Gasteiger partial charge in [-0.1, -0.05) is 22.0 Å². The molecule has 5 nitrogen and oxygen atoms in total. The normalized spacial score (nSPS) is 16.1. The summed E-state index contributed by atoms with van der Waals surface area (Å²) in [6.07, 6.45) is 2.43. The fraction of sp³-hybridized carbons (Fsp3) is 0.429. The van der Waals surface area contributed by atoms with E-state index in [-0.39, 0.29) is 24.9 Å². The fourth-order valence-electron chi connectivity index (χ4n) is 1.98. The van der Waals surface area contributed by atoms with Crippen molar-refractivity contribution in [2.45, 2.75) is 24.9 Å². The van der Waals surface area contributed by atoms with Crippen molar-refractivity contribution < 1.29 is 14.7 Å². The van der Waals surface area contributed by atoms with Gasteiger partial charge < -0.3 is 15.7 Å². The molecular formula is C14H17BrN2O3. The number of nitrogens with one attached hydrogen (secondary N) is 2. The Bertz CT molecular complexity index is 515. The molecule has 0 heterocycles. The second-order valence-corrected chi connectivity index (χ2v) is 5.96. The van der Waals surface area contributed by atoms with Crippen LogP contribution in [0.1, 0.15) is 29.6 Å². The van der Waals surface area contributed by atoms with Gasteiger partial charge in [-0.2, -0.15) is 0 Å². The van der Waals surface area contributed by atoms with Crippen LogP contribution in [0.3, 0.4) is 0 Å². The molecular weight excluding hydrogens is 324 g/mol. The summed E-state index contributed by atoms with van der Waals surface area (Å²) in [6, 6.07) is 6.94. The molecule has 0 aliphatic heterocycles. The number of amides is 2. The molecule has 1 aromatic rings. The Balaban J connectivity index is 1.74. The van der Waals surface area contributed by atoms with E-state index < -0.39 is 5.60 Å². The lowest BCUT2D eigenvalue weighted by molar-refractivity contribution is -0.122. The van der Waals surface area contributed by atoms with E-state index in [2.05, 4.69) is 26.6 Å². The molecule has 0 atom stereocenters. The second-order valence-electron chi connectivity index (χ2n) is 5.05. The first-order valence-electron chi connectivity index (χ1n) is 6.51. The topological polar surface area (TPSA) is 78.4 Å². The van der Waals surface area contributed by atoms with Gasteiger partial charge in [0.2, 0.25) is 5.91 Å². The summed E-state index contributed by atoms with van der Waals surface area (Å²) >= 11 is 3.28. The van der Waals surface area contributed by atoms with Crippen LogP contribution in [0.5, 0.6) is 0 Å². The summed E-state index contributed by atoms with van der Waals surface area (Å²) < 4.78 is 0.807. The van der Waals surface area contributed by atoms with Crippen LogP contribution in [0.15, 0.2) is 28.7 Å². The lowest BCUT2D eigenvalue weighted by Gasteiger charge is -2.36. The maximum Gasteiger partial charge on any atom is 0.251 e. The molecule has 0 radical (unpaired) electrons. The molecule has 0 aromatic heterocycles. The van der Waals surface area contributed by atoms with Gasteiger partial charge in [-0.3, -0.25) is 9.59 Å². The van der Waals surface area contributed by atoms with Gasteiger partial charge in [-0.15, -0.1) is 0 Å². The quantitative estimate of drug-likeness (QED) is 0.753. The predicted molar refractivity (Wildman–Crippen MR) is 78.3 cm³/mol. The number of halogens is 1. The van der Waals surface area contributed by atoms with Crippen LogP contribution in [0, 0.1) is 0 Å². The van der Waals surface area contributed by atoms with Crippen molar-refractivity contribution in [2.75, 3.05) is 13.1 Å². The molecule has 1 fully saturated rings. The summed E-state index contributed by atoms with van der Waals surface area (Å²) in [5, 5.41) is 15.0. The van der Waals surface area contributed by atoms with Crippen molar-refractivity contribution in [2.24, 2.45) is 0 Å². The Hall–Kier alpha value is -1.40. The van der Waals surface area contributed by atoms with Crippen LogP contribution in [-0.4, -0.2) is 35.6 Å². The minimum Gasteiger partial charge on any atom is -0.388 e. The summed E-state index contributed by atoms with van der Waals surface area (Å²) in [5.74, 6) is -0.600. The second kappa shape index (κ2) is 6.37. The molecule has 0 unspecified atom stereocenters. The van der Waals surface area contributed by atoms with E-state index in [0.29, 0.717) is 5.56 Å². The van der Waals surface area contributed by atoms with Gasteiger partial charge in [-0.25, -0.2) is 0 Å². The van der Waals surface area contributed by atoms with Gasteiger partial charge in [-0.05, 0) is 37.5 Å². The van der Waals surface area contributed by atoms with E-state index >= 15 is 0 Å². The highest BCUT2D eigenvalue weighted by molar-refractivity contribution is 9.10. The molecule has 0 saturated heterocycles. The first kappa shape index (κ1) is 15.0. The highest BCUT2D eigenvalue weighted by Gasteiger charge is 2.34. The average molecular weight is 341 g/mol. The van der Waals surface area contributed by atoms with E-state index in [4.69, 9.17) is 0 Å². The maximum atomic E-state index is 11.8. The first-order chi connectivity index (χ1) is 9.48. The molecule has 0 bridgehead atoms. The average Bonchev–Trinajstić information content (AvgIpc) is 2.40. The maximum absolute atomic E-state index is 11.8.